The van der Waals surface area contributed by atoms with Crippen LogP contribution in [0.3, 0.4) is 0 Å². The fourth-order valence-corrected chi connectivity index (χ4v) is 4.71. The number of pyridine rings is 4. The quantitative estimate of drug-likeness (QED) is 0.211. The van der Waals surface area contributed by atoms with Crippen molar-refractivity contribution < 1.29 is 5.11 Å². The first-order valence-corrected chi connectivity index (χ1v) is 12.5. The van der Waals surface area contributed by atoms with E-state index in [1.807, 2.05) is 24.3 Å². The second-order valence-electron chi connectivity index (χ2n) is 10.6. The number of aromatic nitrogens is 7. The number of aliphatic hydroxyl groups excluding tert-OH is 1. The van der Waals surface area contributed by atoms with Crippen molar-refractivity contribution in [3.63, 3.8) is 0 Å². The molecule has 0 bridgehead atoms. The summed E-state index contributed by atoms with van der Waals surface area (Å²) in [5.74, 6) is 0. The topological polar surface area (TPSA) is 128 Å². The molecule has 0 saturated carbocycles. The molecule has 38 heavy (non-hydrogen) atoms. The molecule has 1 atom stereocenters. The second-order valence-corrected chi connectivity index (χ2v) is 10.6. The summed E-state index contributed by atoms with van der Waals surface area (Å²) < 4.78 is 0. The average molecular weight is 505 g/mol. The third-order valence-electron chi connectivity index (χ3n) is 6.41. The third-order valence-corrected chi connectivity index (χ3v) is 6.41. The molecule has 0 radical (unpaired) electrons. The Kier molecular flexibility index (Phi) is 5.84. The minimum absolute atomic E-state index is 0.00129. The van der Waals surface area contributed by atoms with Gasteiger partial charge in [-0.25, -0.2) is 9.97 Å². The Morgan fingerprint density at radius 1 is 0.868 bits per heavy atom. The van der Waals surface area contributed by atoms with Gasteiger partial charge < -0.3 is 15.4 Å². The second kappa shape index (κ2) is 9.35. The highest BCUT2D eigenvalue weighted by molar-refractivity contribution is 5.99. The van der Waals surface area contributed by atoms with E-state index >= 15 is 0 Å². The van der Waals surface area contributed by atoms with Crippen LogP contribution in [-0.4, -0.2) is 46.5 Å². The number of nitrogens with one attached hydrogen (secondary N) is 3. The number of rotatable bonds is 6. The smallest absolute Gasteiger partial charge is 0.181 e. The van der Waals surface area contributed by atoms with Gasteiger partial charge >= 0.3 is 0 Å². The molecule has 0 aliphatic carbocycles. The lowest BCUT2D eigenvalue weighted by atomic mass is 9.91. The molecule has 4 N–H and O–H groups in total. The summed E-state index contributed by atoms with van der Waals surface area (Å²) in [6.45, 7) is 6.29. The van der Waals surface area contributed by atoms with Crippen molar-refractivity contribution in [2.24, 2.45) is 5.41 Å². The van der Waals surface area contributed by atoms with Crippen LogP contribution in [0, 0.1) is 5.41 Å². The Morgan fingerprint density at radius 2 is 1.68 bits per heavy atom. The minimum atomic E-state index is -0.666. The molecule has 6 aromatic heterocycles. The van der Waals surface area contributed by atoms with Crippen LogP contribution in [0.1, 0.15) is 27.2 Å². The Morgan fingerprint density at radius 3 is 2.50 bits per heavy atom. The van der Waals surface area contributed by atoms with E-state index in [2.05, 4.69) is 73.3 Å². The molecular weight excluding hydrogens is 476 g/mol. The molecule has 0 aromatic carbocycles. The maximum absolute atomic E-state index is 10.5. The Balaban J connectivity index is 1.36. The fraction of sp³-hybridized carbons (Fsp3) is 0.207. The van der Waals surface area contributed by atoms with Gasteiger partial charge in [0.25, 0.3) is 0 Å². The van der Waals surface area contributed by atoms with Crippen LogP contribution in [0.25, 0.3) is 55.7 Å². The van der Waals surface area contributed by atoms with Crippen LogP contribution >= 0.6 is 0 Å². The zero-order valence-corrected chi connectivity index (χ0v) is 21.4. The van der Waals surface area contributed by atoms with Crippen LogP contribution in [0.15, 0.2) is 73.6 Å². The molecule has 0 amide bonds. The summed E-state index contributed by atoms with van der Waals surface area (Å²) in [6, 6.07) is 12.1. The summed E-state index contributed by atoms with van der Waals surface area (Å²) in [7, 11) is 0. The molecule has 6 aromatic rings. The first kappa shape index (κ1) is 23.7. The van der Waals surface area contributed by atoms with Crippen molar-refractivity contribution in [2.75, 3.05) is 5.32 Å². The first-order valence-electron chi connectivity index (χ1n) is 12.5. The van der Waals surface area contributed by atoms with Crippen molar-refractivity contribution in [3.8, 4) is 33.6 Å². The molecule has 0 aliphatic heterocycles. The highest BCUT2D eigenvalue weighted by atomic mass is 16.3. The number of nitrogens with zero attached hydrogens (tertiary/aromatic N) is 5. The summed E-state index contributed by atoms with van der Waals surface area (Å²) >= 11 is 0. The lowest BCUT2D eigenvalue weighted by Gasteiger charge is -2.23. The van der Waals surface area contributed by atoms with Crippen molar-refractivity contribution in [1.29, 1.82) is 0 Å². The first-order chi connectivity index (χ1) is 18.3. The summed E-state index contributed by atoms with van der Waals surface area (Å²) in [5, 5.41) is 23.1. The Labute approximate surface area is 219 Å². The molecule has 0 spiro atoms. The molecule has 190 valence electrons. The van der Waals surface area contributed by atoms with Gasteiger partial charge in [0, 0.05) is 52.9 Å². The predicted molar refractivity (Wildman–Crippen MR) is 149 cm³/mol. The highest BCUT2D eigenvalue weighted by Crippen LogP contribution is 2.34. The normalized spacial score (nSPS) is 12.7. The highest BCUT2D eigenvalue weighted by Gasteiger charge is 2.18. The third kappa shape index (κ3) is 4.71. The number of aliphatic hydroxyl groups is 1. The van der Waals surface area contributed by atoms with Gasteiger partial charge in [-0.15, -0.1) is 0 Å². The molecule has 6 heterocycles. The molecular formula is C29H28N8O. The van der Waals surface area contributed by atoms with E-state index in [0.717, 1.165) is 55.7 Å². The molecule has 6 rings (SSSR count). The van der Waals surface area contributed by atoms with Crippen molar-refractivity contribution >= 4 is 27.8 Å². The van der Waals surface area contributed by atoms with E-state index < -0.39 is 6.23 Å². The maximum Gasteiger partial charge on any atom is 0.181 e. The van der Waals surface area contributed by atoms with Gasteiger partial charge in [-0.05, 0) is 59.4 Å². The van der Waals surface area contributed by atoms with E-state index in [-0.39, 0.29) is 5.41 Å². The summed E-state index contributed by atoms with van der Waals surface area (Å²) in [4.78, 5) is 21.1. The number of H-pyrrole nitrogens is 2. The summed E-state index contributed by atoms with van der Waals surface area (Å²) in [5.41, 5.74) is 7.79. The van der Waals surface area contributed by atoms with Gasteiger partial charge in [0.2, 0.25) is 0 Å². The van der Waals surface area contributed by atoms with Crippen molar-refractivity contribution in [1.82, 2.24) is 35.1 Å². The van der Waals surface area contributed by atoms with Gasteiger partial charge in [0.15, 0.2) is 5.65 Å². The van der Waals surface area contributed by atoms with Crippen LogP contribution in [0.2, 0.25) is 0 Å². The van der Waals surface area contributed by atoms with Gasteiger partial charge in [-0.1, -0.05) is 20.8 Å². The number of hydrogen-bond acceptors (Lipinski definition) is 7. The molecule has 9 heteroatoms. The largest absolute Gasteiger partial charge is 0.374 e. The van der Waals surface area contributed by atoms with Gasteiger partial charge in [0.05, 0.1) is 23.3 Å². The minimum Gasteiger partial charge on any atom is -0.374 e. The zero-order chi connectivity index (χ0) is 26.3. The number of hydrogen-bond donors (Lipinski definition) is 4. The van der Waals surface area contributed by atoms with E-state index in [0.29, 0.717) is 12.1 Å². The Bertz CT molecular complexity index is 1730. The summed E-state index contributed by atoms with van der Waals surface area (Å²) in [6.07, 6.45) is 10.6. The lowest BCUT2D eigenvalue weighted by molar-refractivity contribution is 0.145. The van der Waals surface area contributed by atoms with Gasteiger partial charge in [-0.2, -0.15) is 5.10 Å². The SMILES string of the molecule is CC(C)(C)CC(O)Nc1cncc(-c2cnc3n[nH]c(-c4cc5c(-c6ccncc6)ccnc5[nH]4)c3c2)c1. The van der Waals surface area contributed by atoms with Crippen LogP contribution < -0.4 is 5.32 Å². The predicted octanol–water partition coefficient (Wildman–Crippen LogP) is 5.79. The standard InChI is InChI=1S/C29H28N8O/c1-29(2,3)13-25(38)34-20-10-18(14-31-16-20)19-11-23-26(36-37-28(23)33-15-19)24-12-22-21(6-9-32-27(22)35-24)17-4-7-30-8-5-17/h4-12,14-16,25,34,38H,13H2,1-3H3,(H,32,35)(H,33,36,37). The lowest BCUT2D eigenvalue weighted by Crippen LogP contribution is -2.25. The molecule has 0 aliphatic rings. The average Bonchev–Trinajstić information content (AvgIpc) is 3.51. The van der Waals surface area contributed by atoms with E-state index in [1.54, 1.807) is 37.2 Å². The van der Waals surface area contributed by atoms with E-state index in [9.17, 15) is 5.11 Å². The van der Waals surface area contributed by atoms with Gasteiger partial charge in [-0.3, -0.25) is 15.1 Å². The molecule has 9 nitrogen and oxygen atoms in total. The maximum atomic E-state index is 10.5. The van der Waals surface area contributed by atoms with Crippen molar-refractivity contribution in [3.05, 3.63) is 73.6 Å². The number of aromatic amines is 2. The van der Waals surface area contributed by atoms with E-state index in [4.69, 9.17) is 0 Å². The number of anilines is 1. The monoisotopic (exact) mass is 504 g/mol. The van der Waals surface area contributed by atoms with Gasteiger partial charge in [0.1, 0.15) is 11.9 Å². The fourth-order valence-electron chi connectivity index (χ4n) is 4.71. The van der Waals surface area contributed by atoms with Crippen LogP contribution in [-0.2, 0) is 0 Å². The molecule has 0 saturated heterocycles. The number of fused-ring (bicyclic) bond motifs is 2. The molecule has 0 fully saturated rings. The zero-order valence-electron chi connectivity index (χ0n) is 21.4. The van der Waals surface area contributed by atoms with Crippen LogP contribution in [0.4, 0.5) is 5.69 Å². The Hall–Kier alpha value is -4.63. The van der Waals surface area contributed by atoms with Crippen molar-refractivity contribution in [2.45, 2.75) is 33.4 Å². The van der Waals surface area contributed by atoms with Crippen LogP contribution in [0.5, 0.6) is 0 Å². The molecule has 1 unspecified atom stereocenters. The van der Waals surface area contributed by atoms with E-state index in [1.165, 1.54) is 0 Å².